The van der Waals surface area contributed by atoms with Crippen molar-refractivity contribution in [1.82, 2.24) is 15.1 Å². The lowest BCUT2D eigenvalue weighted by atomic mass is 10.1. The van der Waals surface area contributed by atoms with Crippen LogP contribution in [0, 0.1) is 11.6 Å². The van der Waals surface area contributed by atoms with Gasteiger partial charge in [-0.05, 0) is 17.7 Å². The molecule has 0 aliphatic heterocycles. The van der Waals surface area contributed by atoms with Crippen LogP contribution in [0.2, 0.25) is 0 Å². The minimum Gasteiger partial charge on any atom is -0.387 e. The molecule has 4 nitrogen and oxygen atoms in total. The van der Waals surface area contributed by atoms with E-state index in [0.717, 1.165) is 17.7 Å². The number of benzene rings is 1. The van der Waals surface area contributed by atoms with Crippen LogP contribution in [-0.2, 0) is 13.6 Å². The molecule has 6 heteroatoms. The lowest BCUT2D eigenvalue weighted by molar-refractivity contribution is 0.173. The molecule has 2 N–H and O–H groups in total. The lowest BCUT2D eigenvalue weighted by Crippen LogP contribution is -2.21. The van der Waals surface area contributed by atoms with E-state index in [-0.39, 0.29) is 6.54 Å². The van der Waals surface area contributed by atoms with Crippen LogP contribution in [0.1, 0.15) is 17.2 Å². The second-order valence-electron chi connectivity index (χ2n) is 4.34. The largest absolute Gasteiger partial charge is 0.387 e. The molecule has 1 unspecified atom stereocenters. The van der Waals surface area contributed by atoms with E-state index in [4.69, 9.17) is 0 Å². The fourth-order valence-electron chi connectivity index (χ4n) is 1.75. The molecule has 1 atom stereocenters. The van der Waals surface area contributed by atoms with Crippen LogP contribution >= 0.6 is 0 Å². The fraction of sp³-hybridized carbons (Fsp3) is 0.308. The van der Waals surface area contributed by atoms with E-state index >= 15 is 0 Å². The van der Waals surface area contributed by atoms with E-state index in [0.29, 0.717) is 12.1 Å². The van der Waals surface area contributed by atoms with Gasteiger partial charge in [0, 0.05) is 31.9 Å². The van der Waals surface area contributed by atoms with Gasteiger partial charge >= 0.3 is 0 Å². The zero-order chi connectivity index (χ0) is 13.8. The molecule has 1 heterocycles. The maximum absolute atomic E-state index is 13.0. The molecule has 1 aromatic heterocycles. The third-order valence-electron chi connectivity index (χ3n) is 2.75. The van der Waals surface area contributed by atoms with E-state index in [1.807, 2.05) is 13.2 Å². The zero-order valence-electron chi connectivity index (χ0n) is 10.5. The second-order valence-corrected chi connectivity index (χ2v) is 4.34. The van der Waals surface area contributed by atoms with E-state index in [1.165, 1.54) is 6.07 Å². The van der Waals surface area contributed by atoms with Gasteiger partial charge in [-0.3, -0.25) is 4.68 Å². The topological polar surface area (TPSA) is 50.1 Å². The normalized spacial score (nSPS) is 12.6. The average Bonchev–Trinajstić information content (AvgIpc) is 2.78. The van der Waals surface area contributed by atoms with Gasteiger partial charge in [-0.25, -0.2) is 8.78 Å². The molecular formula is C13H15F2N3O. The van der Waals surface area contributed by atoms with Gasteiger partial charge in [-0.1, -0.05) is 6.07 Å². The first-order valence-corrected chi connectivity index (χ1v) is 5.87. The summed E-state index contributed by atoms with van der Waals surface area (Å²) in [6.07, 6.45) is 2.69. The summed E-state index contributed by atoms with van der Waals surface area (Å²) in [7, 11) is 1.82. The maximum Gasteiger partial charge on any atom is 0.159 e. The number of aryl methyl sites for hydroxylation is 1. The third-order valence-corrected chi connectivity index (χ3v) is 2.75. The summed E-state index contributed by atoms with van der Waals surface area (Å²) < 4.78 is 27.5. The van der Waals surface area contributed by atoms with Crippen LogP contribution < -0.4 is 5.32 Å². The minimum absolute atomic E-state index is 0.250. The van der Waals surface area contributed by atoms with Gasteiger partial charge in [-0.2, -0.15) is 5.10 Å². The molecule has 0 radical (unpaired) electrons. The number of hydrogen-bond donors (Lipinski definition) is 2. The highest BCUT2D eigenvalue weighted by atomic mass is 19.2. The first kappa shape index (κ1) is 13.6. The summed E-state index contributed by atoms with van der Waals surface area (Å²) in [6.45, 7) is 0.800. The number of rotatable bonds is 5. The fourth-order valence-corrected chi connectivity index (χ4v) is 1.75. The summed E-state index contributed by atoms with van der Waals surface area (Å²) in [5, 5.41) is 16.9. The van der Waals surface area contributed by atoms with Crippen LogP contribution in [0.15, 0.2) is 30.6 Å². The molecule has 1 aromatic carbocycles. The molecule has 0 aliphatic rings. The summed E-state index contributed by atoms with van der Waals surface area (Å²) in [5.41, 5.74) is 1.33. The molecule has 2 rings (SSSR count). The van der Waals surface area contributed by atoms with Gasteiger partial charge in [0.15, 0.2) is 11.6 Å². The van der Waals surface area contributed by atoms with Crippen molar-refractivity contribution in [3.63, 3.8) is 0 Å². The van der Waals surface area contributed by atoms with Crippen molar-refractivity contribution in [2.45, 2.75) is 12.6 Å². The molecular weight excluding hydrogens is 252 g/mol. The molecule has 102 valence electrons. The number of nitrogens with zero attached hydrogens (tertiary/aromatic N) is 2. The Labute approximate surface area is 109 Å². The predicted molar refractivity (Wildman–Crippen MR) is 66.2 cm³/mol. The quantitative estimate of drug-likeness (QED) is 0.863. The Morgan fingerprint density at radius 1 is 1.37 bits per heavy atom. The number of aliphatic hydroxyl groups is 1. The van der Waals surface area contributed by atoms with Gasteiger partial charge in [0.25, 0.3) is 0 Å². The Hall–Kier alpha value is -1.79. The molecule has 0 aliphatic carbocycles. The Kier molecular flexibility index (Phi) is 4.24. The number of halogens is 2. The Bertz CT molecular complexity index is 557. The van der Waals surface area contributed by atoms with Crippen molar-refractivity contribution in [2.24, 2.45) is 7.05 Å². The van der Waals surface area contributed by atoms with Gasteiger partial charge < -0.3 is 10.4 Å². The van der Waals surface area contributed by atoms with E-state index in [9.17, 15) is 13.9 Å². The number of aliphatic hydroxyl groups excluding tert-OH is 1. The smallest absolute Gasteiger partial charge is 0.159 e. The molecule has 19 heavy (non-hydrogen) atoms. The molecule has 2 aromatic rings. The second kappa shape index (κ2) is 5.90. The van der Waals surface area contributed by atoms with Crippen molar-refractivity contribution in [3.05, 3.63) is 53.4 Å². The highest BCUT2D eigenvalue weighted by molar-refractivity contribution is 5.20. The zero-order valence-corrected chi connectivity index (χ0v) is 10.5. The number of aromatic nitrogens is 2. The monoisotopic (exact) mass is 267 g/mol. The number of nitrogens with one attached hydrogen (secondary N) is 1. The summed E-state index contributed by atoms with van der Waals surface area (Å²) in [6, 6.07) is 3.38. The van der Waals surface area contributed by atoms with Crippen molar-refractivity contribution in [3.8, 4) is 0 Å². The highest BCUT2D eigenvalue weighted by Crippen LogP contribution is 2.15. The number of hydrogen-bond acceptors (Lipinski definition) is 3. The maximum atomic E-state index is 13.0. The standard InChI is InChI=1S/C13H15F2N3O/c1-18-8-9(6-17-18)5-16-7-13(19)10-2-3-11(14)12(15)4-10/h2-4,6,8,13,16,19H,5,7H2,1H3. The van der Waals surface area contributed by atoms with Crippen molar-refractivity contribution < 1.29 is 13.9 Å². The SMILES string of the molecule is Cn1cc(CNCC(O)c2ccc(F)c(F)c2)cn1. The first-order valence-electron chi connectivity index (χ1n) is 5.87. The Balaban J connectivity index is 1.86. The van der Waals surface area contributed by atoms with Crippen LogP contribution in [-0.4, -0.2) is 21.4 Å². The minimum atomic E-state index is -0.955. The van der Waals surface area contributed by atoms with E-state index in [2.05, 4.69) is 10.4 Å². The predicted octanol–water partition coefficient (Wildman–Crippen LogP) is 1.52. The molecule has 0 fully saturated rings. The van der Waals surface area contributed by atoms with Crippen molar-refractivity contribution >= 4 is 0 Å². The van der Waals surface area contributed by atoms with E-state index in [1.54, 1.807) is 10.9 Å². The van der Waals surface area contributed by atoms with Crippen molar-refractivity contribution in [2.75, 3.05) is 6.54 Å². The first-order chi connectivity index (χ1) is 9.06. The molecule has 0 saturated carbocycles. The highest BCUT2D eigenvalue weighted by Gasteiger charge is 2.10. The molecule has 0 spiro atoms. The lowest BCUT2D eigenvalue weighted by Gasteiger charge is -2.12. The molecule has 0 amide bonds. The van der Waals surface area contributed by atoms with Crippen LogP contribution in [0.25, 0.3) is 0 Å². The average molecular weight is 267 g/mol. The third kappa shape index (κ3) is 3.59. The summed E-state index contributed by atoms with van der Waals surface area (Å²) in [5.74, 6) is -1.87. The van der Waals surface area contributed by atoms with Crippen LogP contribution in [0.5, 0.6) is 0 Å². The summed E-state index contributed by atoms with van der Waals surface area (Å²) in [4.78, 5) is 0. The van der Waals surface area contributed by atoms with E-state index < -0.39 is 17.7 Å². The van der Waals surface area contributed by atoms with Gasteiger partial charge in [0.05, 0.1) is 12.3 Å². The van der Waals surface area contributed by atoms with Gasteiger partial charge in [-0.15, -0.1) is 0 Å². The van der Waals surface area contributed by atoms with Crippen molar-refractivity contribution in [1.29, 1.82) is 0 Å². The van der Waals surface area contributed by atoms with Crippen LogP contribution in [0.3, 0.4) is 0 Å². The molecule has 0 saturated heterocycles. The molecule has 0 bridgehead atoms. The Morgan fingerprint density at radius 2 is 2.16 bits per heavy atom. The summed E-state index contributed by atoms with van der Waals surface area (Å²) >= 11 is 0. The Morgan fingerprint density at radius 3 is 2.79 bits per heavy atom. The van der Waals surface area contributed by atoms with Gasteiger partial charge in [0.2, 0.25) is 0 Å². The van der Waals surface area contributed by atoms with Gasteiger partial charge in [0.1, 0.15) is 0 Å². The van der Waals surface area contributed by atoms with Crippen LogP contribution in [0.4, 0.5) is 8.78 Å².